The Balaban J connectivity index is 2.72. The summed E-state index contributed by atoms with van der Waals surface area (Å²) in [5, 5.41) is 0. The van der Waals surface area contributed by atoms with Crippen LogP contribution in [0.25, 0.3) is 0 Å². The molecule has 0 aromatic carbocycles. The van der Waals surface area contributed by atoms with E-state index in [-0.39, 0.29) is 17.9 Å². The van der Waals surface area contributed by atoms with Gasteiger partial charge in [-0.25, -0.2) is 4.79 Å². The number of nitrogens with zero attached hydrogens (tertiary/aromatic N) is 1. The molecule has 1 fully saturated rings. The average molecular weight is 255 g/mol. The predicted molar refractivity (Wildman–Crippen MR) is 70.5 cm³/mol. The maximum atomic E-state index is 12.2. The number of Topliss-reactive ketones (excluding diaryl/α,β-unsaturated/α-hetero) is 1. The van der Waals surface area contributed by atoms with Gasteiger partial charge in [0.1, 0.15) is 11.4 Å². The van der Waals surface area contributed by atoms with Gasteiger partial charge in [-0.3, -0.25) is 4.79 Å². The van der Waals surface area contributed by atoms with Crippen LogP contribution < -0.4 is 0 Å². The van der Waals surface area contributed by atoms with Gasteiger partial charge in [0.05, 0.1) is 0 Å². The number of ether oxygens (including phenoxy) is 1. The molecule has 1 aliphatic heterocycles. The molecule has 0 bridgehead atoms. The van der Waals surface area contributed by atoms with E-state index < -0.39 is 5.60 Å². The molecule has 18 heavy (non-hydrogen) atoms. The quantitative estimate of drug-likeness (QED) is 0.761. The summed E-state index contributed by atoms with van der Waals surface area (Å²) in [6.07, 6.45) is 4.26. The van der Waals surface area contributed by atoms with Crippen molar-refractivity contribution in [1.82, 2.24) is 4.90 Å². The maximum Gasteiger partial charge on any atom is 0.410 e. The van der Waals surface area contributed by atoms with Crippen LogP contribution in [0.4, 0.5) is 4.79 Å². The number of carbonyl (C=O) groups excluding carboxylic acids is 2. The van der Waals surface area contributed by atoms with Crippen molar-refractivity contribution in [2.45, 2.75) is 71.4 Å². The predicted octanol–water partition coefficient (Wildman–Crippen LogP) is 3.15. The van der Waals surface area contributed by atoms with Crippen LogP contribution >= 0.6 is 0 Å². The molecule has 0 spiro atoms. The van der Waals surface area contributed by atoms with Gasteiger partial charge in [-0.05, 0) is 40.5 Å². The molecule has 0 radical (unpaired) electrons. The Kier molecular flexibility index (Phi) is 5.17. The fraction of sp³-hybridized carbons (Fsp3) is 0.857. The molecule has 1 atom stereocenters. The van der Waals surface area contributed by atoms with E-state index in [1.54, 1.807) is 11.8 Å². The third-order valence-electron chi connectivity index (χ3n) is 3.03. The van der Waals surface area contributed by atoms with Crippen LogP contribution in [-0.4, -0.2) is 35.0 Å². The van der Waals surface area contributed by atoms with Gasteiger partial charge in [0.15, 0.2) is 0 Å². The van der Waals surface area contributed by atoms with Crippen molar-refractivity contribution in [2.24, 2.45) is 0 Å². The van der Waals surface area contributed by atoms with Crippen LogP contribution in [-0.2, 0) is 9.53 Å². The summed E-state index contributed by atoms with van der Waals surface area (Å²) >= 11 is 0. The minimum atomic E-state index is -0.482. The number of hydrogen-bond donors (Lipinski definition) is 0. The lowest BCUT2D eigenvalue weighted by atomic mass is 10.0. The first kappa shape index (κ1) is 15.0. The summed E-state index contributed by atoms with van der Waals surface area (Å²) in [4.78, 5) is 25.2. The molecule has 0 aromatic heterocycles. The van der Waals surface area contributed by atoms with E-state index >= 15 is 0 Å². The largest absolute Gasteiger partial charge is 0.444 e. The topological polar surface area (TPSA) is 46.6 Å². The van der Waals surface area contributed by atoms with Crippen molar-refractivity contribution in [3.63, 3.8) is 0 Å². The molecule has 4 heteroatoms. The van der Waals surface area contributed by atoms with E-state index in [9.17, 15) is 9.59 Å². The lowest BCUT2D eigenvalue weighted by Gasteiger charge is -2.31. The monoisotopic (exact) mass is 255 g/mol. The van der Waals surface area contributed by atoms with Gasteiger partial charge in [-0.1, -0.05) is 12.8 Å². The van der Waals surface area contributed by atoms with E-state index in [1.165, 1.54) is 0 Å². The Hall–Kier alpha value is -1.06. The van der Waals surface area contributed by atoms with E-state index in [0.29, 0.717) is 13.0 Å². The zero-order chi connectivity index (χ0) is 13.8. The van der Waals surface area contributed by atoms with E-state index in [1.807, 2.05) is 20.8 Å². The van der Waals surface area contributed by atoms with Crippen molar-refractivity contribution in [3.8, 4) is 0 Å². The SMILES string of the molecule is CC(=O)CC1CCCCCN1C(=O)OC(C)(C)C. The second kappa shape index (κ2) is 6.21. The summed E-state index contributed by atoms with van der Waals surface area (Å²) in [6, 6.07) is 0.0137. The first-order chi connectivity index (χ1) is 8.29. The third kappa shape index (κ3) is 5.07. The Labute approximate surface area is 110 Å². The first-order valence-corrected chi connectivity index (χ1v) is 6.78. The molecule has 0 saturated carbocycles. The highest BCUT2D eigenvalue weighted by Crippen LogP contribution is 2.22. The fourth-order valence-electron chi connectivity index (χ4n) is 2.28. The molecule has 0 aliphatic carbocycles. The highest BCUT2D eigenvalue weighted by atomic mass is 16.6. The van der Waals surface area contributed by atoms with Crippen LogP contribution in [0.5, 0.6) is 0 Å². The maximum absolute atomic E-state index is 12.2. The van der Waals surface area contributed by atoms with E-state index in [2.05, 4.69) is 0 Å². The van der Waals surface area contributed by atoms with Crippen LogP contribution in [0.1, 0.15) is 59.8 Å². The van der Waals surface area contributed by atoms with Crippen molar-refractivity contribution in [1.29, 1.82) is 0 Å². The van der Waals surface area contributed by atoms with Gasteiger partial charge in [0.2, 0.25) is 0 Å². The molecule has 0 N–H and O–H groups in total. The molecule has 1 rings (SSSR count). The highest BCUT2D eigenvalue weighted by molar-refractivity contribution is 5.77. The lowest BCUT2D eigenvalue weighted by Crippen LogP contribution is -2.43. The highest BCUT2D eigenvalue weighted by Gasteiger charge is 2.29. The van der Waals surface area contributed by atoms with Gasteiger partial charge >= 0.3 is 6.09 Å². The second-order valence-corrected chi connectivity index (χ2v) is 6.08. The van der Waals surface area contributed by atoms with E-state index in [4.69, 9.17) is 4.74 Å². The summed E-state index contributed by atoms with van der Waals surface area (Å²) in [5.74, 6) is 0.135. The number of ketones is 1. The Morgan fingerprint density at radius 3 is 2.44 bits per heavy atom. The molecular weight excluding hydrogens is 230 g/mol. The molecule has 1 aliphatic rings. The second-order valence-electron chi connectivity index (χ2n) is 6.08. The standard InChI is InChI=1S/C14H25NO3/c1-11(16)10-12-8-6-5-7-9-15(12)13(17)18-14(2,3)4/h12H,5-10H2,1-4H3. The van der Waals surface area contributed by atoms with Crippen molar-refractivity contribution in [2.75, 3.05) is 6.54 Å². The van der Waals surface area contributed by atoms with Crippen LogP contribution in [0.15, 0.2) is 0 Å². The smallest absolute Gasteiger partial charge is 0.410 e. The number of likely N-dealkylation sites (tertiary alicyclic amines) is 1. The third-order valence-corrected chi connectivity index (χ3v) is 3.03. The van der Waals surface area contributed by atoms with Gasteiger partial charge in [-0.2, -0.15) is 0 Å². The van der Waals surface area contributed by atoms with Gasteiger partial charge in [0.25, 0.3) is 0 Å². The normalized spacial score (nSPS) is 21.3. The summed E-state index contributed by atoms with van der Waals surface area (Å²) in [7, 11) is 0. The van der Waals surface area contributed by atoms with Crippen molar-refractivity contribution < 1.29 is 14.3 Å². The molecule has 1 heterocycles. The van der Waals surface area contributed by atoms with E-state index in [0.717, 1.165) is 25.7 Å². The summed E-state index contributed by atoms with van der Waals surface area (Å²) < 4.78 is 5.42. The Bertz CT molecular complexity index is 307. The van der Waals surface area contributed by atoms with Gasteiger partial charge in [0, 0.05) is 19.0 Å². The average Bonchev–Trinajstić information content (AvgIpc) is 2.39. The number of rotatable bonds is 2. The Morgan fingerprint density at radius 1 is 1.22 bits per heavy atom. The minimum Gasteiger partial charge on any atom is -0.444 e. The van der Waals surface area contributed by atoms with Crippen LogP contribution in [0, 0.1) is 0 Å². The molecule has 1 unspecified atom stereocenters. The molecular formula is C14H25NO3. The molecule has 1 amide bonds. The summed E-state index contributed by atoms with van der Waals surface area (Å²) in [6.45, 7) is 7.87. The Morgan fingerprint density at radius 2 is 1.89 bits per heavy atom. The zero-order valence-corrected chi connectivity index (χ0v) is 12.0. The van der Waals surface area contributed by atoms with Crippen LogP contribution in [0.3, 0.4) is 0 Å². The molecule has 0 aromatic rings. The fourth-order valence-corrected chi connectivity index (χ4v) is 2.28. The van der Waals surface area contributed by atoms with Crippen molar-refractivity contribution in [3.05, 3.63) is 0 Å². The summed E-state index contributed by atoms with van der Waals surface area (Å²) in [5.41, 5.74) is -0.482. The number of amides is 1. The zero-order valence-electron chi connectivity index (χ0n) is 12.0. The van der Waals surface area contributed by atoms with Gasteiger partial charge < -0.3 is 9.64 Å². The first-order valence-electron chi connectivity index (χ1n) is 6.78. The molecule has 4 nitrogen and oxygen atoms in total. The van der Waals surface area contributed by atoms with Crippen molar-refractivity contribution >= 4 is 11.9 Å². The molecule has 104 valence electrons. The van der Waals surface area contributed by atoms with Crippen LogP contribution in [0.2, 0.25) is 0 Å². The van der Waals surface area contributed by atoms with Gasteiger partial charge in [-0.15, -0.1) is 0 Å². The minimum absolute atomic E-state index is 0.0137. The number of hydrogen-bond acceptors (Lipinski definition) is 3. The lowest BCUT2D eigenvalue weighted by molar-refractivity contribution is -0.118. The number of carbonyl (C=O) groups is 2. The molecule has 1 saturated heterocycles.